The number of para-hydroxylation sites is 1. The van der Waals surface area contributed by atoms with Gasteiger partial charge in [-0.1, -0.05) is 23.8 Å². The number of carbonyl (C=O) groups is 1. The van der Waals surface area contributed by atoms with E-state index in [0.29, 0.717) is 5.56 Å². The van der Waals surface area contributed by atoms with E-state index in [2.05, 4.69) is 16.7 Å². The second kappa shape index (κ2) is 5.48. The first-order valence-electron chi connectivity index (χ1n) is 7.12. The zero-order chi connectivity index (χ0) is 14.8. The van der Waals surface area contributed by atoms with Crippen molar-refractivity contribution < 1.29 is 9.90 Å². The lowest BCUT2D eigenvalue weighted by Gasteiger charge is -2.21. The van der Waals surface area contributed by atoms with Crippen LogP contribution < -0.4 is 10.6 Å². The highest BCUT2D eigenvalue weighted by atomic mass is 16.3. The number of anilines is 2. The Morgan fingerprint density at radius 2 is 2.14 bits per heavy atom. The van der Waals surface area contributed by atoms with Crippen LogP contribution in [0.3, 0.4) is 0 Å². The first-order chi connectivity index (χ1) is 10.1. The number of aryl methyl sites for hydroxylation is 2. The van der Waals surface area contributed by atoms with Crippen LogP contribution in [0.15, 0.2) is 36.4 Å². The number of rotatable bonds is 2. The van der Waals surface area contributed by atoms with Crippen LogP contribution in [0, 0.1) is 6.92 Å². The highest BCUT2D eigenvalue weighted by Gasteiger charge is 2.16. The number of phenols is 1. The van der Waals surface area contributed by atoms with Gasteiger partial charge < -0.3 is 15.7 Å². The van der Waals surface area contributed by atoms with Crippen molar-refractivity contribution >= 4 is 17.3 Å². The quantitative estimate of drug-likeness (QED) is 0.792. The molecule has 1 aliphatic rings. The van der Waals surface area contributed by atoms with Gasteiger partial charge in [-0.2, -0.15) is 0 Å². The summed E-state index contributed by atoms with van der Waals surface area (Å²) in [5.74, 6) is -0.298. The number of benzene rings is 2. The van der Waals surface area contributed by atoms with Crippen LogP contribution in [-0.4, -0.2) is 17.6 Å². The summed E-state index contributed by atoms with van der Waals surface area (Å²) in [5, 5.41) is 16.1. The minimum atomic E-state index is -0.294. The predicted molar refractivity (Wildman–Crippen MR) is 84.0 cm³/mol. The van der Waals surface area contributed by atoms with Crippen LogP contribution >= 0.6 is 0 Å². The van der Waals surface area contributed by atoms with Crippen LogP contribution in [0.1, 0.15) is 27.9 Å². The van der Waals surface area contributed by atoms with Crippen LogP contribution in [0.5, 0.6) is 5.75 Å². The third-order valence-corrected chi connectivity index (χ3v) is 3.72. The fourth-order valence-electron chi connectivity index (χ4n) is 2.64. The third kappa shape index (κ3) is 2.70. The van der Waals surface area contributed by atoms with E-state index in [-0.39, 0.29) is 11.7 Å². The molecule has 0 bridgehead atoms. The molecular formula is C17H18N2O2. The molecule has 0 unspecified atom stereocenters. The maximum absolute atomic E-state index is 12.4. The minimum Gasteiger partial charge on any atom is -0.507 e. The lowest BCUT2D eigenvalue weighted by molar-refractivity contribution is 0.102. The number of fused-ring (bicyclic) bond motifs is 1. The van der Waals surface area contributed by atoms with Crippen molar-refractivity contribution in [3.8, 4) is 5.75 Å². The molecule has 2 aromatic carbocycles. The van der Waals surface area contributed by atoms with E-state index in [0.717, 1.165) is 36.3 Å². The largest absolute Gasteiger partial charge is 0.507 e. The van der Waals surface area contributed by atoms with Crippen molar-refractivity contribution in [2.45, 2.75) is 19.8 Å². The Balaban J connectivity index is 1.90. The summed E-state index contributed by atoms with van der Waals surface area (Å²) in [4.78, 5) is 12.4. The maximum Gasteiger partial charge on any atom is 0.259 e. The second-order valence-electron chi connectivity index (χ2n) is 5.34. The van der Waals surface area contributed by atoms with E-state index in [4.69, 9.17) is 0 Å². The van der Waals surface area contributed by atoms with Crippen molar-refractivity contribution in [2.24, 2.45) is 0 Å². The number of aromatic hydroxyl groups is 1. The van der Waals surface area contributed by atoms with E-state index in [9.17, 15) is 9.90 Å². The molecule has 1 aliphatic heterocycles. The SMILES string of the molecule is Cc1ccc(O)c(C(=O)Nc2cccc3c2NCCC3)c1. The first-order valence-corrected chi connectivity index (χ1v) is 7.12. The molecule has 4 heteroatoms. The van der Waals surface area contributed by atoms with Gasteiger partial charge in [-0.3, -0.25) is 4.79 Å². The van der Waals surface area contributed by atoms with Gasteiger partial charge in [0.2, 0.25) is 0 Å². The summed E-state index contributed by atoms with van der Waals surface area (Å²) in [5.41, 5.74) is 4.20. The van der Waals surface area contributed by atoms with Gasteiger partial charge >= 0.3 is 0 Å². The van der Waals surface area contributed by atoms with Crippen molar-refractivity contribution in [3.05, 3.63) is 53.1 Å². The van der Waals surface area contributed by atoms with Gasteiger partial charge in [-0.15, -0.1) is 0 Å². The summed E-state index contributed by atoms with van der Waals surface area (Å²) >= 11 is 0. The molecule has 0 fully saturated rings. The number of hydrogen-bond donors (Lipinski definition) is 3. The van der Waals surface area contributed by atoms with Crippen LogP contribution in [0.25, 0.3) is 0 Å². The standard InChI is InChI=1S/C17H18N2O2/c1-11-7-8-15(20)13(10-11)17(21)19-14-6-2-4-12-5-3-9-18-16(12)14/h2,4,6-8,10,18,20H,3,5,9H2,1H3,(H,19,21). The van der Waals surface area contributed by atoms with Gasteiger partial charge in [0.05, 0.1) is 16.9 Å². The summed E-state index contributed by atoms with van der Waals surface area (Å²) in [6, 6.07) is 10.9. The topological polar surface area (TPSA) is 61.4 Å². The molecule has 21 heavy (non-hydrogen) atoms. The molecular weight excluding hydrogens is 264 g/mol. The van der Waals surface area contributed by atoms with Crippen molar-refractivity contribution in [1.82, 2.24) is 0 Å². The molecule has 0 saturated heterocycles. The fraction of sp³-hybridized carbons (Fsp3) is 0.235. The van der Waals surface area contributed by atoms with Crippen molar-refractivity contribution in [2.75, 3.05) is 17.2 Å². The Bertz CT molecular complexity index is 695. The van der Waals surface area contributed by atoms with E-state index in [1.807, 2.05) is 19.1 Å². The van der Waals surface area contributed by atoms with Crippen LogP contribution in [0.4, 0.5) is 11.4 Å². The normalized spacial score (nSPS) is 13.2. The van der Waals surface area contributed by atoms with E-state index in [1.165, 1.54) is 5.56 Å². The van der Waals surface area contributed by atoms with Crippen LogP contribution in [0.2, 0.25) is 0 Å². The molecule has 1 heterocycles. The molecule has 0 atom stereocenters. The molecule has 3 N–H and O–H groups in total. The van der Waals surface area contributed by atoms with E-state index < -0.39 is 0 Å². The average Bonchev–Trinajstić information content (AvgIpc) is 2.50. The fourth-order valence-corrected chi connectivity index (χ4v) is 2.64. The number of carbonyl (C=O) groups excluding carboxylic acids is 1. The molecule has 1 amide bonds. The zero-order valence-electron chi connectivity index (χ0n) is 11.9. The number of hydrogen-bond acceptors (Lipinski definition) is 3. The van der Waals surface area contributed by atoms with Crippen molar-refractivity contribution in [3.63, 3.8) is 0 Å². The lowest BCUT2D eigenvalue weighted by Crippen LogP contribution is -2.17. The molecule has 0 saturated carbocycles. The third-order valence-electron chi connectivity index (χ3n) is 3.72. The van der Waals surface area contributed by atoms with Crippen LogP contribution in [-0.2, 0) is 6.42 Å². The number of nitrogens with one attached hydrogen (secondary N) is 2. The van der Waals surface area contributed by atoms with Gasteiger partial charge in [-0.25, -0.2) is 0 Å². The lowest BCUT2D eigenvalue weighted by atomic mass is 10.0. The molecule has 0 aliphatic carbocycles. The van der Waals surface area contributed by atoms with Gasteiger partial charge in [-0.05, 0) is 43.5 Å². The summed E-state index contributed by atoms with van der Waals surface area (Å²) in [6.07, 6.45) is 2.12. The second-order valence-corrected chi connectivity index (χ2v) is 5.34. The van der Waals surface area contributed by atoms with Gasteiger partial charge in [0.1, 0.15) is 5.75 Å². The molecule has 4 nitrogen and oxygen atoms in total. The Morgan fingerprint density at radius 1 is 1.29 bits per heavy atom. The number of phenolic OH excluding ortho intramolecular Hbond substituents is 1. The Kier molecular flexibility index (Phi) is 3.52. The Labute approximate surface area is 123 Å². The smallest absolute Gasteiger partial charge is 0.259 e. The highest BCUT2D eigenvalue weighted by molar-refractivity contribution is 6.07. The minimum absolute atomic E-state index is 0.00384. The average molecular weight is 282 g/mol. The summed E-state index contributed by atoms with van der Waals surface area (Å²) in [6.45, 7) is 2.80. The molecule has 0 aromatic heterocycles. The predicted octanol–water partition coefficient (Wildman–Crippen LogP) is 3.31. The first kappa shape index (κ1) is 13.5. The summed E-state index contributed by atoms with van der Waals surface area (Å²) < 4.78 is 0. The van der Waals surface area contributed by atoms with Gasteiger partial charge in [0, 0.05) is 6.54 Å². The molecule has 2 aromatic rings. The molecule has 0 radical (unpaired) electrons. The Hall–Kier alpha value is -2.49. The number of amides is 1. The highest BCUT2D eigenvalue weighted by Crippen LogP contribution is 2.31. The molecule has 108 valence electrons. The molecule has 0 spiro atoms. The maximum atomic E-state index is 12.4. The monoisotopic (exact) mass is 282 g/mol. The van der Waals surface area contributed by atoms with Crippen molar-refractivity contribution in [1.29, 1.82) is 0 Å². The van der Waals surface area contributed by atoms with Gasteiger partial charge in [0.25, 0.3) is 5.91 Å². The molecule has 3 rings (SSSR count). The van der Waals surface area contributed by atoms with E-state index in [1.54, 1.807) is 18.2 Å². The van der Waals surface area contributed by atoms with Gasteiger partial charge in [0.15, 0.2) is 0 Å². The summed E-state index contributed by atoms with van der Waals surface area (Å²) in [7, 11) is 0. The zero-order valence-corrected chi connectivity index (χ0v) is 11.9. The van der Waals surface area contributed by atoms with E-state index >= 15 is 0 Å². The Morgan fingerprint density at radius 3 is 3.00 bits per heavy atom.